The first-order valence-electron chi connectivity index (χ1n) is 13.5. The highest BCUT2D eigenvalue weighted by Gasteiger charge is 2.45. The number of ketones is 2. The molecule has 0 amide bonds. The second-order valence-corrected chi connectivity index (χ2v) is 9.14. The summed E-state index contributed by atoms with van der Waals surface area (Å²) in [6, 6.07) is 0. The lowest BCUT2D eigenvalue weighted by atomic mass is 9.85. The Balaban J connectivity index is 4.00. The van der Waals surface area contributed by atoms with Gasteiger partial charge in [-0.3, -0.25) is 9.59 Å². The Morgan fingerprint density at radius 3 is 1.88 bits per heavy atom. The molecule has 5 nitrogen and oxygen atoms in total. The van der Waals surface area contributed by atoms with Crippen LogP contribution in [-0.4, -0.2) is 45.2 Å². The summed E-state index contributed by atoms with van der Waals surface area (Å²) in [4.78, 5) is 24.7. The number of Topliss-reactive ketones (excluding diaryl/α,β-unsaturated/α-hetero) is 2. The van der Waals surface area contributed by atoms with Gasteiger partial charge in [-0.25, -0.2) is 0 Å². The quantitative estimate of drug-likeness (QED) is 0.121. The van der Waals surface area contributed by atoms with Gasteiger partial charge in [0.05, 0.1) is 6.61 Å². The first-order chi connectivity index (χ1) is 16.4. The number of allylic oxidation sites excluding steroid dienone is 6. The van der Waals surface area contributed by atoms with Crippen molar-refractivity contribution in [1.29, 1.82) is 0 Å². The fourth-order valence-electron chi connectivity index (χ4n) is 3.75. The van der Waals surface area contributed by atoms with Crippen molar-refractivity contribution in [3.05, 3.63) is 36.5 Å². The van der Waals surface area contributed by atoms with E-state index in [0.29, 0.717) is 12.8 Å². The van der Waals surface area contributed by atoms with Crippen LogP contribution in [0.3, 0.4) is 0 Å². The predicted octanol–water partition coefficient (Wildman–Crippen LogP) is 6.16. The molecule has 0 aliphatic rings. The molecule has 0 aromatic carbocycles. The van der Waals surface area contributed by atoms with Crippen molar-refractivity contribution in [2.24, 2.45) is 0 Å². The molecule has 2 atom stereocenters. The zero-order valence-electron chi connectivity index (χ0n) is 21.7. The molecule has 0 fully saturated rings. The van der Waals surface area contributed by atoms with Crippen LogP contribution < -0.4 is 0 Å². The summed E-state index contributed by atoms with van der Waals surface area (Å²) >= 11 is 0. The smallest absolute Gasteiger partial charge is 0.178 e. The Morgan fingerprint density at radius 2 is 1.26 bits per heavy atom. The van der Waals surface area contributed by atoms with Gasteiger partial charge in [0.25, 0.3) is 0 Å². The van der Waals surface area contributed by atoms with E-state index in [0.717, 1.165) is 77.0 Å². The van der Waals surface area contributed by atoms with Crippen LogP contribution in [0.1, 0.15) is 117 Å². The molecule has 3 N–H and O–H groups in total. The predicted molar refractivity (Wildman–Crippen MR) is 141 cm³/mol. The molecule has 0 aromatic heterocycles. The zero-order chi connectivity index (χ0) is 25.5. The van der Waals surface area contributed by atoms with Crippen molar-refractivity contribution in [2.45, 2.75) is 128 Å². The maximum atomic E-state index is 12.4. The van der Waals surface area contributed by atoms with E-state index in [-0.39, 0.29) is 12.8 Å². The lowest BCUT2D eigenvalue weighted by molar-refractivity contribution is -0.165. The van der Waals surface area contributed by atoms with Crippen molar-refractivity contribution >= 4 is 11.6 Å². The highest BCUT2D eigenvalue weighted by Crippen LogP contribution is 2.20. The normalized spacial score (nSPS) is 14.9. The van der Waals surface area contributed by atoms with E-state index in [4.69, 9.17) is 0 Å². The molecule has 196 valence electrons. The van der Waals surface area contributed by atoms with Gasteiger partial charge in [0, 0.05) is 12.8 Å². The molecule has 0 aromatic rings. The maximum Gasteiger partial charge on any atom is 0.178 e. The minimum Gasteiger partial charge on any atom is -0.393 e. The minimum atomic E-state index is -2.38. The Hall–Kier alpha value is -1.56. The average Bonchev–Trinajstić information content (AvgIpc) is 2.84. The Morgan fingerprint density at radius 1 is 0.735 bits per heavy atom. The van der Waals surface area contributed by atoms with Gasteiger partial charge in [0.2, 0.25) is 0 Å². The SMILES string of the molecule is CC/C=C\C/C=C\C/C=C\CCCCCCCC(=O)C(O)C(O)(CO)C(=O)CCCCCCC. The Labute approximate surface area is 208 Å². The standard InChI is InChI=1S/C29H50O5/c1-3-5-7-9-10-11-12-13-14-15-16-17-18-20-21-23-26(31)28(33)29(34,25-30)27(32)24-22-19-8-6-4-2/h5,7,10-11,13-14,28,30,33-34H,3-4,6,8-9,12,15-25H2,1-2H3/b7-5-,11-10-,14-13-. The van der Waals surface area contributed by atoms with E-state index in [1.807, 2.05) is 0 Å². The van der Waals surface area contributed by atoms with Gasteiger partial charge in [-0.05, 0) is 44.9 Å². The van der Waals surface area contributed by atoms with Gasteiger partial charge in [0.1, 0.15) is 0 Å². The molecule has 0 radical (unpaired) electrons. The fraction of sp³-hybridized carbons (Fsp3) is 0.724. The topological polar surface area (TPSA) is 94.8 Å². The van der Waals surface area contributed by atoms with Crippen LogP contribution in [0.5, 0.6) is 0 Å². The molecule has 0 aliphatic heterocycles. The van der Waals surface area contributed by atoms with Crippen LogP contribution in [0.25, 0.3) is 0 Å². The molecule has 0 aliphatic carbocycles. The summed E-state index contributed by atoms with van der Waals surface area (Å²) in [5, 5.41) is 30.3. The molecule has 0 spiro atoms. The first-order valence-corrected chi connectivity index (χ1v) is 13.5. The van der Waals surface area contributed by atoms with Crippen molar-refractivity contribution in [3.8, 4) is 0 Å². The molecular formula is C29H50O5. The summed E-state index contributed by atoms with van der Waals surface area (Å²) in [6.45, 7) is 3.30. The lowest BCUT2D eigenvalue weighted by Crippen LogP contribution is -2.55. The second kappa shape index (κ2) is 21.9. The van der Waals surface area contributed by atoms with Crippen molar-refractivity contribution in [2.75, 3.05) is 6.61 Å². The van der Waals surface area contributed by atoms with Crippen LogP contribution in [0.4, 0.5) is 0 Å². The van der Waals surface area contributed by atoms with Gasteiger partial charge in [-0.1, -0.05) is 95.2 Å². The summed E-state index contributed by atoms with van der Waals surface area (Å²) in [7, 11) is 0. The van der Waals surface area contributed by atoms with Crippen LogP contribution in [0.2, 0.25) is 0 Å². The van der Waals surface area contributed by atoms with E-state index >= 15 is 0 Å². The van der Waals surface area contributed by atoms with Gasteiger partial charge < -0.3 is 15.3 Å². The van der Waals surface area contributed by atoms with Crippen LogP contribution >= 0.6 is 0 Å². The van der Waals surface area contributed by atoms with Crippen LogP contribution in [0, 0.1) is 0 Å². The Kier molecular flexibility index (Phi) is 20.9. The Bertz CT molecular complexity index is 608. The van der Waals surface area contributed by atoms with Gasteiger partial charge in [-0.2, -0.15) is 0 Å². The number of aliphatic hydroxyl groups is 3. The largest absolute Gasteiger partial charge is 0.393 e. The average molecular weight is 479 g/mol. The number of hydrogen-bond donors (Lipinski definition) is 3. The zero-order valence-corrected chi connectivity index (χ0v) is 21.7. The third-order valence-electron chi connectivity index (χ3n) is 6.06. The lowest BCUT2D eigenvalue weighted by Gasteiger charge is -2.29. The molecule has 2 unspecified atom stereocenters. The van der Waals surface area contributed by atoms with Crippen molar-refractivity contribution < 1.29 is 24.9 Å². The number of carbonyl (C=O) groups excluding carboxylic acids is 2. The van der Waals surface area contributed by atoms with Crippen LogP contribution in [0.15, 0.2) is 36.5 Å². The molecule has 0 saturated carbocycles. The molecule has 0 saturated heterocycles. The van der Waals surface area contributed by atoms with E-state index in [1.165, 1.54) is 0 Å². The van der Waals surface area contributed by atoms with E-state index in [9.17, 15) is 24.9 Å². The van der Waals surface area contributed by atoms with Gasteiger partial charge >= 0.3 is 0 Å². The highest BCUT2D eigenvalue weighted by atomic mass is 16.4. The number of hydrogen-bond acceptors (Lipinski definition) is 5. The monoisotopic (exact) mass is 478 g/mol. The first kappa shape index (κ1) is 32.4. The van der Waals surface area contributed by atoms with Gasteiger partial charge in [-0.15, -0.1) is 0 Å². The minimum absolute atomic E-state index is 0.0617. The number of carbonyl (C=O) groups is 2. The number of unbranched alkanes of at least 4 members (excludes halogenated alkanes) is 9. The summed E-state index contributed by atoms with van der Waals surface area (Å²) < 4.78 is 0. The third kappa shape index (κ3) is 15.4. The van der Waals surface area contributed by atoms with Crippen LogP contribution in [-0.2, 0) is 9.59 Å². The molecule has 34 heavy (non-hydrogen) atoms. The van der Waals surface area contributed by atoms with E-state index < -0.39 is 29.9 Å². The molecule has 0 rings (SSSR count). The van der Waals surface area contributed by atoms with E-state index in [1.54, 1.807) is 0 Å². The summed E-state index contributed by atoms with van der Waals surface area (Å²) in [6.07, 6.45) is 24.8. The fourth-order valence-corrected chi connectivity index (χ4v) is 3.75. The molecule has 0 bridgehead atoms. The summed E-state index contributed by atoms with van der Waals surface area (Å²) in [5.74, 6) is -1.22. The van der Waals surface area contributed by atoms with Crippen molar-refractivity contribution in [1.82, 2.24) is 0 Å². The second-order valence-electron chi connectivity index (χ2n) is 9.14. The molecule has 0 heterocycles. The third-order valence-corrected chi connectivity index (χ3v) is 6.06. The number of aliphatic hydroxyl groups excluding tert-OH is 2. The molecule has 5 heteroatoms. The van der Waals surface area contributed by atoms with Gasteiger partial charge in [0.15, 0.2) is 23.3 Å². The molecular weight excluding hydrogens is 428 g/mol. The highest BCUT2D eigenvalue weighted by molar-refractivity contribution is 5.96. The summed E-state index contributed by atoms with van der Waals surface area (Å²) in [5.41, 5.74) is -2.38. The van der Waals surface area contributed by atoms with Crippen molar-refractivity contribution in [3.63, 3.8) is 0 Å². The number of rotatable bonds is 23. The van der Waals surface area contributed by atoms with E-state index in [2.05, 4.69) is 50.3 Å². The maximum absolute atomic E-state index is 12.4.